The van der Waals surface area contributed by atoms with E-state index in [9.17, 15) is 14.4 Å². The highest BCUT2D eigenvalue weighted by molar-refractivity contribution is 5.71. The van der Waals surface area contributed by atoms with Gasteiger partial charge >= 0.3 is 17.9 Å². The average molecular weight is 1120 g/mol. The Bertz CT molecular complexity index is 1810. The van der Waals surface area contributed by atoms with Gasteiger partial charge in [-0.05, 0) is 148 Å². The van der Waals surface area contributed by atoms with E-state index in [0.717, 1.165) is 148 Å². The summed E-state index contributed by atoms with van der Waals surface area (Å²) in [5, 5.41) is 0. The third kappa shape index (κ3) is 65.7. The molecule has 0 saturated heterocycles. The van der Waals surface area contributed by atoms with E-state index in [0.29, 0.717) is 19.3 Å². The van der Waals surface area contributed by atoms with Crippen molar-refractivity contribution in [3.8, 4) is 0 Å². The lowest BCUT2D eigenvalue weighted by Crippen LogP contribution is -2.30. The second kappa shape index (κ2) is 67.5. The smallest absolute Gasteiger partial charge is 0.306 e. The van der Waals surface area contributed by atoms with Crippen LogP contribution in [0.25, 0.3) is 0 Å². The van der Waals surface area contributed by atoms with Gasteiger partial charge in [0, 0.05) is 19.3 Å². The van der Waals surface area contributed by atoms with Crippen LogP contribution in [0.2, 0.25) is 0 Å². The maximum Gasteiger partial charge on any atom is 0.306 e. The molecule has 6 nitrogen and oxygen atoms in total. The number of hydrogen-bond donors (Lipinski definition) is 0. The zero-order valence-electron chi connectivity index (χ0n) is 52.2. The predicted octanol–water partition coefficient (Wildman–Crippen LogP) is 22.9. The van der Waals surface area contributed by atoms with Crippen molar-refractivity contribution >= 4 is 17.9 Å². The van der Waals surface area contributed by atoms with Crippen molar-refractivity contribution in [2.24, 2.45) is 0 Å². The first-order chi connectivity index (χ1) is 40.0. The van der Waals surface area contributed by atoms with E-state index in [4.69, 9.17) is 14.2 Å². The largest absolute Gasteiger partial charge is 0.462 e. The minimum absolute atomic E-state index is 0.105. The molecule has 0 N–H and O–H groups in total. The van der Waals surface area contributed by atoms with E-state index >= 15 is 0 Å². The molecule has 0 aliphatic rings. The highest BCUT2D eigenvalue weighted by Crippen LogP contribution is 2.15. The van der Waals surface area contributed by atoms with Gasteiger partial charge in [0.2, 0.25) is 0 Å². The van der Waals surface area contributed by atoms with E-state index in [2.05, 4.69) is 179 Å². The van der Waals surface area contributed by atoms with Crippen molar-refractivity contribution in [3.63, 3.8) is 0 Å². The van der Waals surface area contributed by atoms with E-state index in [-0.39, 0.29) is 37.5 Å². The normalized spacial score (nSPS) is 13.2. The lowest BCUT2D eigenvalue weighted by molar-refractivity contribution is -0.167. The van der Waals surface area contributed by atoms with Gasteiger partial charge < -0.3 is 14.2 Å². The molecule has 1 unspecified atom stereocenters. The summed E-state index contributed by atoms with van der Waals surface area (Å²) in [5.74, 6) is -0.956. The van der Waals surface area contributed by atoms with Crippen molar-refractivity contribution in [3.05, 3.63) is 158 Å². The Balaban J connectivity index is 4.50. The summed E-state index contributed by atoms with van der Waals surface area (Å²) in [6.07, 6.45) is 98.1. The summed E-state index contributed by atoms with van der Waals surface area (Å²) in [6.45, 7) is 6.35. The molecule has 0 aromatic rings. The third-order valence-electron chi connectivity index (χ3n) is 13.5. The summed E-state index contributed by atoms with van der Waals surface area (Å²) in [6, 6.07) is 0. The Kier molecular flexibility index (Phi) is 63.4. The molecular formula is C75H120O6. The van der Waals surface area contributed by atoms with Gasteiger partial charge in [0.05, 0.1) is 0 Å². The summed E-state index contributed by atoms with van der Waals surface area (Å²) in [4.78, 5) is 38.4. The molecule has 0 aromatic heterocycles. The predicted molar refractivity (Wildman–Crippen MR) is 352 cm³/mol. The number of carbonyl (C=O) groups excluding carboxylic acids is 3. The van der Waals surface area contributed by atoms with Crippen molar-refractivity contribution in [1.29, 1.82) is 0 Å². The molecule has 0 amide bonds. The topological polar surface area (TPSA) is 78.9 Å². The molecule has 0 fully saturated rings. The van der Waals surface area contributed by atoms with Crippen LogP contribution in [-0.2, 0) is 28.6 Å². The van der Waals surface area contributed by atoms with Gasteiger partial charge in [-0.2, -0.15) is 0 Å². The van der Waals surface area contributed by atoms with Crippen LogP contribution in [0.1, 0.15) is 278 Å². The maximum atomic E-state index is 12.9. The maximum absolute atomic E-state index is 12.9. The molecule has 1 atom stereocenters. The zero-order chi connectivity index (χ0) is 58.5. The number of hydrogen-bond acceptors (Lipinski definition) is 6. The van der Waals surface area contributed by atoms with Gasteiger partial charge in [-0.15, -0.1) is 0 Å². The summed E-state index contributed by atoms with van der Waals surface area (Å²) < 4.78 is 16.9. The molecule has 0 spiro atoms. The highest BCUT2D eigenvalue weighted by atomic mass is 16.6. The van der Waals surface area contributed by atoms with Crippen molar-refractivity contribution in [1.82, 2.24) is 0 Å². The van der Waals surface area contributed by atoms with E-state index in [1.54, 1.807) is 0 Å². The van der Waals surface area contributed by atoms with Gasteiger partial charge in [0.15, 0.2) is 6.10 Å². The van der Waals surface area contributed by atoms with Crippen LogP contribution >= 0.6 is 0 Å². The molecule has 0 aliphatic heterocycles. The average Bonchev–Trinajstić information content (AvgIpc) is 3.47. The molecule has 456 valence electrons. The van der Waals surface area contributed by atoms with Crippen molar-refractivity contribution < 1.29 is 28.6 Å². The van der Waals surface area contributed by atoms with E-state index in [1.165, 1.54) is 83.5 Å². The van der Waals surface area contributed by atoms with Crippen LogP contribution < -0.4 is 0 Å². The lowest BCUT2D eigenvalue weighted by Gasteiger charge is -2.18. The first-order valence-corrected chi connectivity index (χ1v) is 33.0. The van der Waals surface area contributed by atoms with Crippen LogP contribution in [0.15, 0.2) is 158 Å². The first kappa shape index (κ1) is 76.0. The Hall–Kier alpha value is -4.97. The lowest BCUT2D eigenvalue weighted by atomic mass is 10.1. The molecule has 0 radical (unpaired) electrons. The Labute approximate surface area is 499 Å². The second-order valence-electron chi connectivity index (χ2n) is 21.3. The van der Waals surface area contributed by atoms with Crippen LogP contribution in [0.4, 0.5) is 0 Å². The third-order valence-corrected chi connectivity index (χ3v) is 13.5. The molecule has 0 rings (SSSR count). The molecule has 81 heavy (non-hydrogen) atoms. The van der Waals surface area contributed by atoms with Crippen LogP contribution in [-0.4, -0.2) is 37.2 Å². The highest BCUT2D eigenvalue weighted by Gasteiger charge is 2.19. The SMILES string of the molecule is CC/C=C\C/C=C\C/C=C\C/C=C\C/C=C\C/C=C\CCCCCCCCC(=O)OCC(COC(=O)CCCCCCCCCCC/C=C\C/C=C\CCCCC)OC(=O)CCCCC/C=C\C/C=C\C/C=C\C/C=C\C/C=C\CC. The first-order valence-electron chi connectivity index (χ1n) is 33.0. The number of unbranched alkanes of at least 4 members (excludes halogenated alkanes) is 21. The molecule has 0 aromatic carbocycles. The van der Waals surface area contributed by atoms with Gasteiger partial charge in [-0.25, -0.2) is 0 Å². The van der Waals surface area contributed by atoms with E-state index in [1.807, 2.05) is 0 Å². The van der Waals surface area contributed by atoms with Gasteiger partial charge in [-0.3, -0.25) is 14.4 Å². The summed E-state index contributed by atoms with van der Waals surface area (Å²) >= 11 is 0. The Morgan fingerprint density at radius 3 is 0.765 bits per heavy atom. The molecule has 0 aliphatic carbocycles. The van der Waals surface area contributed by atoms with Crippen molar-refractivity contribution in [2.75, 3.05) is 13.2 Å². The van der Waals surface area contributed by atoms with Gasteiger partial charge in [0.1, 0.15) is 13.2 Å². The number of allylic oxidation sites excluding steroid dienone is 26. The standard InChI is InChI=1S/C75H120O6/c1-4-7-10-13-16-19-22-25-28-31-34-35-36-37-38-39-42-44-47-50-53-56-59-62-65-68-74(77)80-71-72(81-75(78)69-66-63-60-57-54-51-48-45-41-33-30-27-24-21-18-15-12-9-6-3)70-79-73(76)67-64-61-58-55-52-49-46-43-40-32-29-26-23-20-17-14-11-8-5-2/h7,9-10,12,16-21,25-30,34-35,37-38,41-42,44-45,51,54,72H,4-6,8,11,13-15,22-24,31-33,36,39-40,43,46-50,52-53,55-71H2,1-3H3/b10-7-,12-9-,19-16-,20-17-,21-18-,28-25-,29-26-,30-27-,35-34-,38-37-,44-42-,45-41-,54-51-. The molecule has 0 saturated carbocycles. The number of carbonyl (C=O) groups is 3. The number of ether oxygens (including phenoxy) is 3. The molecular weight excluding hydrogens is 997 g/mol. The fourth-order valence-corrected chi connectivity index (χ4v) is 8.62. The molecule has 0 heterocycles. The fraction of sp³-hybridized carbons (Fsp3) is 0.613. The van der Waals surface area contributed by atoms with Gasteiger partial charge in [0.25, 0.3) is 0 Å². The molecule has 0 bridgehead atoms. The van der Waals surface area contributed by atoms with Gasteiger partial charge in [-0.1, -0.05) is 269 Å². The number of esters is 3. The summed E-state index contributed by atoms with van der Waals surface area (Å²) in [5.41, 5.74) is 0. The summed E-state index contributed by atoms with van der Waals surface area (Å²) in [7, 11) is 0. The number of rotatable bonds is 58. The monoisotopic (exact) mass is 1120 g/mol. The Morgan fingerprint density at radius 1 is 0.259 bits per heavy atom. The fourth-order valence-electron chi connectivity index (χ4n) is 8.62. The Morgan fingerprint density at radius 2 is 0.481 bits per heavy atom. The van der Waals surface area contributed by atoms with Crippen LogP contribution in [0.5, 0.6) is 0 Å². The van der Waals surface area contributed by atoms with Crippen LogP contribution in [0.3, 0.4) is 0 Å². The van der Waals surface area contributed by atoms with Crippen LogP contribution in [0, 0.1) is 0 Å². The van der Waals surface area contributed by atoms with E-state index < -0.39 is 6.10 Å². The molecule has 6 heteroatoms. The second-order valence-corrected chi connectivity index (χ2v) is 21.3. The van der Waals surface area contributed by atoms with Crippen molar-refractivity contribution in [2.45, 2.75) is 284 Å². The zero-order valence-corrected chi connectivity index (χ0v) is 52.2. The minimum Gasteiger partial charge on any atom is -0.462 e. The minimum atomic E-state index is -0.814. The quantitative estimate of drug-likeness (QED) is 0.0261.